The van der Waals surface area contributed by atoms with Crippen LogP contribution in [-0.4, -0.2) is 47.5 Å². The summed E-state index contributed by atoms with van der Waals surface area (Å²) in [6, 6.07) is 3.16. The van der Waals surface area contributed by atoms with E-state index in [2.05, 4.69) is 0 Å². The maximum atomic E-state index is 12.0. The van der Waals surface area contributed by atoms with Gasteiger partial charge in [0.1, 0.15) is 5.75 Å². The van der Waals surface area contributed by atoms with Crippen LogP contribution in [0.4, 0.5) is 0 Å². The second kappa shape index (κ2) is 6.66. The number of benzene rings is 1. The number of likely N-dealkylation sites (tertiary alicyclic amines) is 1. The van der Waals surface area contributed by atoms with Crippen LogP contribution in [-0.2, 0) is 11.3 Å². The highest BCUT2D eigenvalue weighted by atomic mass is 35.5. The standard InChI is InChI=1S/C14H18Cl2N2O2/c1-17(9-13(19)18-4-2-3-5-18)8-10-6-11(15)7-12(16)14(10)20/h6-7,20H,2-5,8-9H2,1H3. The van der Waals surface area contributed by atoms with Crippen LogP contribution in [0.15, 0.2) is 12.1 Å². The number of likely N-dealkylation sites (N-methyl/N-ethyl adjacent to an activating group) is 1. The molecule has 1 heterocycles. The predicted octanol–water partition coefficient (Wildman–Crippen LogP) is 2.75. The average Bonchev–Trinajstić information content (AvgIpc) is 2.89. The summed E-state index contributed by atoms with van der Waals surface area (Å²) < 4.78 is 0. The summed E-state index contributed by atoms with van der Waals surface area (Å²) in [5, 5.41) is 10.6. The molecule has 20 heavy (non-hydrogen) atoms. The Morgan fingerprint density at radius 3 is 2.65 bits per heavy atom. The van der Waals surface area contributed by atoms with Gasteiger partial charge in [0.15, 0.2) is 0 Å². The average molecular weight is 317 g/mol. The van der Waals surface area contributed by atoms with Crippen LogP contribution in [0, 0.1) is 0 Å². The number of carbonyl (C=O) groups excluding carboxylic acids is 1. The van der Waals surface area contributed by atoms with E-state index in [-0.39, 0.29) is 16.7 Å². The number of halogens is 2. The molecule has 1 amide bonds. The number of rotatable bonds is 4. The molecule has 0 radical (unpaired) electrons. The number of aromatic hydroxyl groups is 1. The van der Waals surface area contributed by atoms with E-state index in [1.165, 1.54) is 6.07 Å². The Balaban J connectivity index is 1.97. The van der Waals surface area contributed by atoms with Gasteiger partial charge < -0.3 is 10.0 Å². The van der Waals surface area contributed by atoms with Crippen molar-refractivity contribution in [3.05, 3.63) is 27.7 Å². The second-order valence-electron chi connectivity index (χ2n) is 5.16. The molecule has 0 aliphatic carbocycles. The van der Waals surface area contributed by atoms with Gasteiger partial charge in [-0.3, -0.25) is 9.69 Å². The minimum Gasteiger partial charge on any atom is -0.506 e. The number of carbonyl (C=O) groups is 1. The Labute approximate surface area is 128 Å². The SMILES string of the molecule is CN(CC(=O)N1CCCC1)Cc1cc(Cl)cc(Cl)c1O. The van der Waals surface area contributed by atoms with Crippen molar-refractivity contribution < 1.29 is 9.90 Å². The molecule has 0 aromatic heterocycles. The first-order valence-corrected chi connectivity index (χ1v) is 7.36. The second-order valence-corrected chi connectivity index (χ2v) is 6.00. The fourth-order valence-electron chi connectivity index (χ4n) is 2.38. The van der Waals surface area contributed by atoms with Gasteiger partial charge in [-0.1, -0.05) is 23.2 Å². The molecular formula is C14H18Cl2N2O2. The molecule has 6 heteroatoms. The zero-order valence-electron chi connectivity index (χ0n) is 11.4. The molecule has 1 aliphatic rings. The molecule has 4 nitrogen and oxygen atoms in total. The van der Waals surface area contributed by atoms with E-state index in [1.807, 2.05) is 16.8 Å². The van der Waals surface area contributed by atoms with Gasteiger partial charge in [0, 0.05) is 30.2 Å². The maximum absolute atomic E-state index is 12.0. The lowest BCUT2D eigenvalue weighted by molar-refractivity contribution is -0.131. The zero-order valence-corrected chi connectivity index (χ0v) is 12.9. The normalized spacial score (nSPS) is 15.1. The summed E-state index contributed by atoms with van der Waals surface area (Å²) >= 11 is 11.8. The third kappa shape index (κ3) is 3.78. The van der Waals surface area contributed by atoms with E-state index in [9.17, 15) is 9.90 Å². The monoisotopic (exact) mass is 316 g/mol. The Kier molecular flexibility index (Phi) is 5.13. The van der Waals surface area contributed by atoms with Crippen LogP contribution in [0.3, 0.4) is 0 Å². The lowest BCUT2D eigenvalue weighted by Crippen LogP contribution is -2.36. The maximum Gasteiger partial charge on any atom is 0.236 e. The minimum atomic E-state index is 0.0246. The first kappa shape index (κ1) is 15.4. The molecule has 1 saturated heterocycles. The number of amides is 1. The molecule has 0 atom stereocenters. The fraction of sp³-hybridized carbons (Fsp3) is 0.500. The summed E-state index contributed by atoms with van der Waals surface area (Å²) in [6.07, 6.45) is 2.17. The fourth-order valence-corrected chi connectivity index (χ4v) is 2.92. The van der Waals surface area contributed by atoms with E-state index in [0.29, 0.717) is 23.7 Å². The summed E-state index contributed by atoms with van der Waals surface area (Å²) in [5.41, 5.74) is 0.624. The smallest absolute Gasteiger partial charge is 0.236 e. The lowest BCUT2D eigenvalue weighted by atomic mass is 10.2. The predicted molar refractivity (Wildman–Crippen MR) is 80.3 cm³/mol. The van der Waals surface area contributed by atoms with E-state index >= 15 is 0 Å². The Hall–Kier alpha value is -0.970. The summed E-state index contributed by atoms with van der Waals surface area (Å²) in [7, 11) is 1.84. The van der Waals surface area contributed by atoms with Crippen molar-refractivity contribution in [2.75, 3.05) is 26.7 Å². The topological polar surface area (TPSA) is 43.8 Å². The van der Waals surface area contributed by atoms with E-state index in [4.69, 9.17) is 23.2 Å². The van der Waals surface area contributed by atoms with E-state index in [0.717, 1.165) is 25.9 Å². The number of phenols is 1. The number of nitrogens with zero attached hydrogens (tertiary/aromatic N) is 2. The Bertz CT molecular complexity index is 502. The van der Waals surface area contributed by atoms with E-state index in [1.54, 1.807) is 6.07 Å². The van der Waals surface area contributed by atoms with Crippen molar-refractivity contribution in [2.45, 2.75) is 19.4 Å². The van der Waals surface area contributed by atoms with Gasteiger partial charge in [0.25, 0.3) is 0 Å². The molecule has 1 aliphatic heterocycles. The Morgan fingerprint density at radius 1 is 1.35 bits per heavy atom. The summed E-state index contributed by atoms with van der Waals surface area (Å²) in [6.45, 7) is 2.44. The van der Waals surface area contributed by atoms with E-state index < -0.39 is 0 Å². The van der Waals surface area contributed by atoms with Crippen LogP contribution < -0.4 is 0 Å². The van der Waals surface area contributed by atoms with Crippen LogP contribution in [0.25, 0.3) is 0 Å². The van der Waals surface area contributed by atoms with Crippen molar-refractivity contribution in [2.24, 2.45) is 0 Å². The highest BCUT2D eigenvalue weighted by Crippen LogP contribution is 2.31. The first-order chi connectivity index (χ1) is 9.47. The highest BCUT2D eigenvalue weighted by Gasteiger charge is 2.19. The molecule has 1 aromatic carbocycles. The molecule has 0 saturated carbocycles. The number of hydrogen-bond acceptors (Lipinski definition) is 3. The first-order valence-electron chi connectivity index (χ1n) is 6.60. The van der Waals surface area contributed by atoms with Crippen molar-refractivity contribution >= 4 is 29.1 Å². The quantitative estimate of drug-likeness (QED) is 0.929. The van der Waals surface area contributed by atoms with Crippen LogP contribution in [0.1, 0.15) is 18.4 Å². The third-order valence-corrected chi connectivity index (χ3v) is 3.92. The van der Waals surface area contributed by atoms with Crippen molar-refractivity contribution in [3.8, 4) is 5.75 Å². The molecule has 0 unspecified atom stereocenters. The van der Waals surface area contributed by atoms with Crippen molar-refractivity contribution in [1.82, 2.24) is 9.80 Å². The molecule has 1 fully saturated rings. The molecule has 2 rings (SSSR count). The molecule has 1 aromatic rings. The molecule has 0 spiro atoms. The van der Waals surface area contributed by atoms with Gasteiger partial charge in [0.05, 0.1) is 11.6 Å². The van der Waals surface area contributed by atoms with Gasteiger partial charge in [-0.05, 0) is 32.0 Å². The highest BCUT2D eigenvalue weighted by molar-refractivity contribution is 6.35. The lowest BCUT2D eigenvalue weighted by Gasteiger charge is -2.21. The van der Waals surface area contributed by atoms with Crippen molar-refractivity contribution in [1.29, 1.82) is 0 Å². The van der Waals surface area contributed by atoms with Gasteiger partial charge in [-0.15, -0.1) is 0 Å². The van der Waals surface area contributed by atoms with Gasteiger partial charge in [-0.2, -0.15) is 0 Å². The summed E-state index contributed by atoms with van der Waals surface area (Å²) in [4.78, 5) is 15.8. The van der Waals surface area contributed by atoms with Crippen LogP contribution in [0.5, 0.6) is 5.75 Å². The minimum absolute atomic E-state index is 0.0246. The van der Waals surface area contributed by atoms with Gasteiger partial charge in [-0.25, -0.2) is 0 Å². The van der Waals surface area contributed by atoms with Crippen molar-refractivity contribution in [3.63, 3.8) is 0 Å². The van der Waals surface area contributed by atoms with Crippen LogP contribution in [0.2, 0.25) is 10.0 Å². The molecule has 0 bridgehead atoms. The largest absolute Gasteiger partial charge is 0.506 e. The van der Waals surface area contributed by atoms with Gasteiger partial charge >= 0.3 is 0 Å². The number of hydrogen-bond donors (Lipinski definition) is 1. The molecule has 1 N–H and O–H groups in total. The molecule has 110 valence electrons. The number of phenolic OH excluding ortho intramolecular Hbond substituents is 1. The third-order valence-electron chi connectivity index (χ3n) is 3.41. The Morgan fingerprint density at radius 2 is 2.00 bits per heavy atom. The van der Waals surface area contributed by atoms with Gasteiger partial charge in [0.2, 0.25) is 5.91 Å². The molecular weight excluding hydrogens is 299 g/mol. The zero-order chi connectivity index (χ0) is 14.7. The van der Waals surface area contributed by atoms with Crippen LogP contribution >= 0.6 is 23.2 Å². The summed E-state index contributed by atoms with van der Waals surface area (Å²) in [5.74, 6) is 0.147.